The summed E-state index contributed by atoms with van der Waals surface area (Å²) in [6.45, 7) is -0.277. The van der Waals surface area contributed by atoms with Crippen LogP contribution in [0.2, 0.25) is 0 Å². The van der Waals surface area contributed by atoms with E-state index in [-0.39, 0.29) is 40.1 Å². The van der Waals surface area contributed by atoms with Crippen molar-refractivity contribution in [2.45, 2.75) is 4.90 Å². The van der Waals surface area contributed by atoms with Gasteiger partial charge >= 0.3 is 16.2 Å². The van der Waals surface area contributed by atoms with Crippen molar-refractivity contribution in [3.05, 3.63) is 48.0 Å². The summed E-state index contributed by atoms with van der Waals surface area (Å²) in [4.78, 5) is 26.3. The minimum atomic E-state index is -4.33. The highest BCUT2D eigenvalue weighted by Gasteiger charge is 2.20. The third-order valence-corrected chi connectivity index (χ3v) is 4.91. The van der Waals surface area contributed by atoms with Crippen LogP contribution in [0.15, 0.2) is 52.4 Å². The van der Waals surface area contributed by atoms with Crippen LogP contribution in [-0.2, 0) is 24.4 Å². The van der Waals surface area contributed by atoms with Gasteiger partial charge in [-0.2, -0.15) is 13.7 Å². The maximum Gasteiger partial charge on any atom is 0.436 e. The Kier molecular flexibility index (Phi) is 8.11. The normalized spacial score (nSPS) is 11.2. The summed E-state index contributed by atoms with van der Waals surface area (Å²) in [6.07, 6.45) is -0.946. The molecule has 0 saturated heterocycles. The Morgan fingerprint density at radius 1 is 1.12 bits per heavy atom. The Bertz CT molecular complexity index is 1170. The highest BCUT2D eigenvalue weighted by Crippen LogP contribution is 2.31. The van der Waals surface area contributed by atoms with Crippen LogP contribution in [0.5, 0.6) is 5.75 Å². The Labute approximate surface area is 183 Å². The van der Waals surface area contributed by atoms with Gasteiger partial charge in [0.05, 0.1) is 24.4 Å². The molecule has 2 aromatic rings. The molecule has 0 spiro atoms. The van der Waals surface area contributed by atoms with E-state index in [2.05, 4.69) is 20.4 Å². The number of guanidine groups is 1. The van der Waals surface area contributed by atoms with Crippen molar-refractivity contribution in [3.63, 3.8) is 0 Å². The van der Waals surface area contributed by atoms with Gasteiger partial charge in [-0.05, 0) is 36.4 Å². The monoisotopic (exact) mass is 461 g/mol. The molecule has 0 aromatic heterocycles. The summed E-state index contributed by atoms with van der Waals surface area (Å²) in [5, 5.41) is 13.9. The molecule has 0 aliphatic carbocycles. The largest absolute Gasteiger partial charge is 0.451 e. The van der Waals surface area contributed by atoms with Crippen molar-refractivity contribution in [3.8, 4) is 11.8 Å². The summed E-state index contributed by atoms with van der Waals surface area (Å²) in [7, 11) is -1.89. The number of anilines is 2. The first-order chi connectivity index (χ1) is 15.2. The van der Waals surface area contributed by atoms with Crippen LogP contribution in [0.25, 0.3) is 0 Å². The number of amides is 2. The van der Waals surface area contributed by atoms with Gasteiger partial charge in [-0.3, -0.25) is 4.79 Å². The number of benzene rings is 2. The minimum absolute atomic E-state index is 0.0262. The number of ether oxygens (including phenoxy) is 2. The molecule has 2 rings (SSSR count). The second kappa shape index (κ2) is 10.8. The van der Waals surface area contributed by atoms with Crippen molar-refractivity contribution in [1.29, 1.82) is 5.26 Å². The van der Waals surface area contributed by atoms with Crippen LogP contribution in [0.4, 0.5) is 16.2 Å². The molecule has 0 aliphatic rings. The Balaban J connectivity index is 2.40. The summed E-state index contributed by atoms with van der Waals surface area (Å²) >= 11 is 0. The number of nitrogens with two attached hydrogens (primary N) is 1. The second-order valence-corrected chi connectivity index (χ2v) is 7.50. The van der Waals surface area contributed by atoms with Crippen molar-refractivity contribution < 1.29 is 31.7 Å². The van der Waals surface area contributed by atoms with Crippen molar-refractivity contribution in [1.82, 2.24) is 0 Å². The number of hydrogen-bond acceptors (Lipinski definition) is 8. The molecule has 32 heavy (non-hydrogen) atoms. The average molecular weight is 461 g/mol. The standard InChI is InChI=1S/C19H19N5O7S/c1-29-11-17(25)23-15-8-5-13(22-18(21)24-19(26)30-2)9-16(15)31-32(27,28)14-6-3-12(10-20)4-7-14/h3-9H,11H2,1-2H3,(H,23,25)(H3,21,22,24,26). The fourth-order valence-corrected chi connectivity index (χ4v) is 3.21. The van der Waals surface area contributed by atoms with Gasteiger partial charge < -0.3 is 30.0 Å². The zero-order valence-electron chi connectivity index (χ0n) is 17.0. The summed E-state index contributed by atoms with van der Waals surface area (Å²) in [5.41, 5.74) is 6.09. The number of carbonyl (C=O) groups is 2. The lowest BCUT2D eigenvalue weighted by Crippen LogP contribution is -2.24. The van der Waals surface area contributed by atoms with Gasteiger partial charge in [0, 0.05) is 18.9 Å². The molecule has 0 heterocycles. The van der Waals surface area contributed by atoms with E-state index >= 15 is 0 Å². The molecule has 12 nitrogen and oxygen atoms in total. The summed E-state index contributed by atoms with van der Waals surface area (Å²) in [5.74, 6) is -1.14. The number of carbonyl (C=O) groups excluding carboxylic acids is 2. The molecule has 0 radical (unpaired) electrons. The predicted molar refractivity (Wildman–Crippen MR) is 114 cm³/mol. The molecular formula is C19H19N5O7S. The van der Waals surface area contributed by atoms with Crippen LogP contribution in [0, 0.1) is 11.3 Å². The van der Waals surface area contributed by atoms with E-state index in [0.717, 1.165) is 7.11 Å². The average Bonchev–Trinajstić information content (AvgIpc) is 2.75. The molecule has 0 fully saturated rings. The van der Waals surface area contributed by atoms with E-state index in [4.69, 9.17) is 19.9 Å². The van der Waals surface area contributed by atoms with Gasteiger partial charge in [0.2, 0.25) is 11.9 Å². The fourth-order valence-electron chi connectivity index (χ4n) is 2.27. The van der Waals surface area contributed by atoms with Crippen molar-refractivity contribution >= 4 is 39.5 Å². The number of nitrogens with one attached hydrogen (secondary N) is 2. The molecule has 0 aliphatic heterocycles. The van der Waals surface area contributed by atoms with E-state index in [9.17, 15) is 18.0 Å². The summed E-state index contributed by atoms with van der Waals surface area (Å²) < 4.78 is 39.8. The highest BCUT2D eigenvalue weighted by molar-refractivity contribution is 7.87. The highest BCUT2D eigenvalue weighted by atomic mass is 32.2. The topological polar surface area (TPSA) is 182 Å². The molecule has 0 bridgehead atoms. The van der Waals surface area contributed by atoms with E-state index in [1.807, 2.05) is 6.07 Å². The quantitative estimate of drug-likeness (QED) is 0.309. The Morgan fingerprint density at radius 3 is 2.41 bits per heavy atom. The third-order valence-electron chi connectivity index (χ3n) is 3.66. The molecule has 2 amide bonds. The smallest absolute Gasteiger partial charge is 0.436 e. The molecule has 2 aromatic carbocycles. The number of aliphatic imine (C=N–C) groups is 1. The van der Waals surface area contributed by atoms with Crippen molar-refractivity contribution in [2.24, 2.45) is 10.7 Å². The first-order valence-electron chi connectivity index (χ1n) is 8.75. The van der Waals surface area contributed by atoms with Crippen LogP contribution in [0.1, 0.15) is 5.56 Å². The molecule has 0 atom stereocenters. The molecular weight excluding hydrogens is 442 g/mol. The SMILES string of the molecule is COCC(=O)Nc1ccc(NC(N)=NC(=O)OC)cc1OS(=O)(=O)c1ccc(C#N)cc1. The zero-order valence-corrected chi connectivity index (χ0v) is 17.8. The molecule has 0 unspecified atom stereocenters. The second-order valence-electron chi connectivity index (χ2n) is 5.96. The summed E-state index contributed by atoms with van der Waals surface area (Å²) in [6, 6.07) is 10.9. The zero-order chi connectivity index (χ0) is 23.7. The van der Waals surface area contributed by atoms with Crippen LogP contribution < -0.4 is 20.6 Å². The molecule has 4 N–H and O–H groups in total. The van der Waals surface area contributed by atoms with Gasteiger partial charge in [0.25, 0.3) is 0 Å². The number of methoxy groups -OCH3 is 2. The Hall–Kier alpha value is -4.15. The van der Waals surface area contributed by atoms with E-state index < -0.39 is 22.1 Å². The van der Waals surface area contributed by atoms with E-state index in [1.54, 1.807) is 0 Å². The lowest BCUT2D eigenvalue weighted by Gasteiger charge is -2.14. The van der Waals surface area contributed by atoms with Gasteiger partial charge in [0.1, 0.15) is 11.5 Å². The maximum atomic E-state index is 12.7. The van der Waals surface area contributed by atoms with E-state index in [0.29, 0.717) is 0 Å². The molecule has 0 saturated carbocycles. The fraction of sp³-hybridized carbons (Fsp3) is 0.158. The molecule has 168 valence electrons. The van der Waals surface area contributed by atoms with Crippen LogP contribution >= 0.6 is 0 Å². The third kappa shape index (κ3) is 6.69. The van der Waals surface area contributed by atoms with Crippen LogP contribution in [-0.4, -0.2) is 47.2 Å². The Morgan fingerprint density at radius 2 is 1.81 bits per heavy atom. The van der Waals surface area contributed by atoms with Crippen LogP contribution in [0.3, 0.4) is 0 Å². The minimum Gasteiger partial charge on any atom is -0.451 e. The maximum absolute atomic E-state index is 12.7. The first kappa shape index (κ1) is 24.1. The van der Waals surface area contributed by atoms with E-state index in [1.165, 1.54) is 49.6 Å². The molecule has 13 heteroatoms. The van der Waals surface area contributed by atoms with Gasteiger partial charge in [-0.15, -0.1) is 4.99 Å². The lowest BCUT2D eigenvalue weighted by molar-refractivity contribution is -0.119. The number of nitriles is 1. The van der Waals surface area contributed by atoms with Gasteiger partial charge in [0.15, 0.2) is 5.75 Å². The lowest BCUT2D eigenvalue weighted by atomic mass is 10.2. The number of hydrogen-bond donors (Lipinski definition) is 3. The number of nitrogens with zero attached hydrogens (tertiary/aromatic N) is 2. The van der Waals surface area contributed by atoms with Gasteiger partial charge in [-0.1, -0.05) is 0 Å². The van der Waals surface area contributed by atoms with Crippen molar-refractivity contribution in [2.75, 3.05) is 31.5 Å². The first-order valence-corrected chi connectivity index (χ1v) is 10.2. The predicted octanol–water partition coefficient (Wildman–Crippen LogP) is 1.40. The van der Waals surface area contributed by atoms with Gasteiger partial charge in [-0.25, -0.2) is 4.79 Å². The number of rotatable bonds is 7.